The van der Waals surface area contributed by atoms with Crippen molar-refractivity contribution in [2.75, 3.05) is 7.05 Å². The lowest BCUT2D eigenvalue weighted by Crippen LogP contribution is -2.31. The summed E-state index contributed by atoms with van der Waals surface area (Å²) in [6.45, 7) is 3.94. The Morgan fingerprint density at radius 3 is 2.30 bits per heavy atom. The topological polar surface area (TPSA) is 45.5 Å². The molecule has 20 heavy (non-hydrogen) atoms. The lowest BCUT2D eigenvalue weighted by Gasteiger charge is -2.25. The summed E-state index contributed by atoms with van der Waals surface area (Å²) in [4.78, 5) is 14.2. The number of amides is 1. The minimum absolute atomic E-state index is 0.0128. The van der Waals surface area contributed by atoms with Crippen LogP contribution >= 0.6 is 0 Å². The molecule has 0 bridgehead atoms. The molecule has 0 radical (unpaired) electrons. The smallest absolute Gasteiger partial charge is 0.270 e. The van der Waals surface area contributed by atoms with Crippen LogP contribution in [-0.2, 0) is 7.05 Å². The Kier molecular flexibility index (Phi) is 3.84. The van der Waals surface area contributed by atoms with Crippen LogP contribution in [0.15, 0.2) is 36.4 Å². The van der Waals surface area contributed by atoms with Crippen molar-refractivity contribution in [1.29, 1.82) is 0 Å². The van der Waals surface area contributed by atoms with E-state index in [0.29, 0.717) is 5.69 Å². The molecule has 1 unspecified atom stereocenters. The third-order valence-corrected chi connectivity index (χ3v) is 3.87. The molecule has 1 amide bonds. The number of benzene rings is 1. The molecule has 1 aromatic carbocycles. The number of carbonyl (C=O) groups is 1. The van der Waals surface area contributed by atoms with E-state index in [0.717, 1.165) is 11.3 Å². The standard InChI is InChI=1S/C16H20N2O2/c1-11-5-10-15(17(11)3)16(20)18(4)12(2)13-6-8-14(19)9-7-13/h5-10,12,19H,1-4H3. The molecule has 1 N–H and O–H groups in total. The zero-order chi connectivity index (χ0) is 14.9. The fourth-order valence-corrected chi connectivity index (χ4v) is 2.16. The van der Waals surface area contributed by atoms with Gasteiger partial charge in [-0.05, 0) is 43.7 Å². The van der Waals surface area contributed by atoms with Crippen molar-refractivity contribution in [2.24, 2.45) is 7.05 Å². The SMILES string of the molecule is Cc1ccc(C(=O)N(C)C(C)c2ccc(O)cc2)n1C. The molecular weight excluding hydrogens is 252 g/mol. The van der Waals surface area contributed by atoms with Crippen LogP contribution in [0.1, 0.15) is 34.7 Å². The summed E-state index contributed by atoms with van der Waals surface area (Å²) >= 11 is 0. The molecule has 0 aliphatic heterocycles. The van der Waals surface area contributed by atoms with E-state index in [1.54, 1.807) is 24.1 Å². The second-order valence-electron chi connectivity index (χ2n) is 5.10. The second-order valence-corrected chi connectivity index (χ2v) is 5.10. The largest absolute Gasteiger partial charge is 0.508 e. The first-order chi connectivity index (χ1) is 9.41. The number of aryl methyl sites for hydroxylation is 1. The van der Waals surface area contributed by atoms with E-state index in [9.17, 15) is 9.90 Å². The molecule has 0 saturated heterocycles. The third kappa shape index (κ3) is 2.54. The maximum atomic E-state index is 12.5. The Hall–Kier alpha value is -2.23. The highest BCUT2D eigenvalue weighted by Gasteiger charge is 2.21. The van der Waals surface area contributed by atoms with Crippen LogP contribution in [0.4, 0.5) is 0 Å². The third-order valence-electron chi connectivity index (χ3n) is 3.87. The summed E-state index contributed by atoms with van der Waals surface area (Å²) in [5.74, 6) is 0.217. The molecule has 2 rings (SSSR count). The molecule has 1 heterocycles. The highest BCUT2D eigenvalue weighted by Crippen LogP contribution is 2.23. The van der Waals surface area contributed by atoms with Crippen LogP contribution in [0.5, 0.6) is 5.75 Å². The van der Waals surface area contributed by atoms with Gasteiger partial charge in [-0.3, -0.25) is 4.79 Å². The molecule has 0 aliphatic carbocycles. The van der Waals surface area contributed by atoms with Gasteiger partial charge in [0.05, 0.1) is 6.04 Å². The predicted molar refractivity (Wildman–Crippen MR) is 78.8 cm³/mol. The minimum Gasteiger partial charge on any atom is -0.508 e. The van der Waals surface area contributed by atoms with Crippen LogP contribution in [0.2, 0.25) is 0 Å². The molecule has 1 atom stereocenters. The van der Waals surface area contributed by atoms with Crippen LogP contribution in [0, 0.1) is 6.92 Å². The van der Waals surface area contributed by atoms with Crippen molar-refractivity contribution in [2.45, 2.75) is 19.9 Å². The van der Waals surface area contributed by atoms with Gasteiger partial charge in [0, 0.05) is 19.8 Å². The number of nitrogens with zero attached hydrogens (tertiary/aromatic N) is 2. The molecule has 4 heteroatoms. The first-order valence-corrected chi connectivity index (χ1v) is 6.60. The Bertz CT molecular complexity index is 614. The zero-order valence-corrected chi connectivity index (χ0v) is 12.3. The van der Waals surface area contributed by atoms with Gasteiger partial charge >= 0.3 is 0 Å². The molecular formula is C16H20N2O2. The van der Waals surface area contributed by atoms with Crippen LogP contribution < -0.4 is 0 Å². The first-order valence-electron chi connectivity index (χ1n) is 6.60. The first kappa shape index (κ1) is 14.2. The van der Waals surface area contributed by atoms with E-state index in [4.69, 9.17) is 0 Å². The van der Waals surface area contributed by atoms with E-state index in [1.165, 1.54) is 0 Å². The van der Waals surface area contributed by atoms with Crippen LogP contribution in [0.25, 0.3) is 0 Å². The number of rotatable bonds is 3. The lowest BCUT2D eigenvalue weighted by molar-refractivity contribution is 0.0732. The van der Waals surface area contributed by atoms with Crippen LogP contribution in [-0.4, -0.2) is 27.5 Å². The van der Waals surface area contributed by atoms with Crippen molar-refractivity contribution in [3.63, 3.8) is 0 Å². The fourth-order valence-electron chi connectivity index (χ4n) is 2.16. The van der Waals surface area contributed by atoms with Gasteiger partial charge in [0.1, 0.15) is 11.4 Å². The zero-order valence-electron chi connectivity index (χ0n) is 12.3. The van der Waals surface area contributed by atoms with E-state index in [2.05, 4.69) is 0 Å². The van der Waals surface area contributed by atoms with Crippen LogP contribution in [0.3, 0.4) is 0 Å². The molecule has 0 spiro atoms. The summed E-state index contributed by atoms with van der Waals surface area (Å²) in [5, 5.41) is 9.32. The van der Waals surface area contributed by atoms with Gasteiger partial charge in [-0.15, -0.1) is 0 Å². The second kappa shape index (κ2) is 5.41. The van der Waals surface area contributed by atoms with Gasteiger partial charge in [-0.2, -0.15) is 0 Å². The molecule has 0 fully saturated rings. The maximum Gasteiger partial charge on any atom is 0.270 e. The molecule has 106 valence electrons. The maximum absolute atomic E-state index is 12.5. The Balaban J connectivity index is 2.22. The summed E-state index contributed by atoms with van der Waals surface area (Å²) < 4.78 is 1.89. The van der Waals surface area contributed by atoms with Gasteiger partial charge in [0.2, 0.25) is 0 Å². The lowest BCUT2D eigenvalue weighted by atomic mass is 10.1. The number of phenolic OH excluding ortho intramolecular Hbond substituents is 1. The van der Waals surface area contributed by atoms with E-state index in [-0.39, 0.29) is 17.7 Å². The summed E-state index contributed by atoms with van der Waals surface area (Å²) in [6.07, 6.45) is 0. The summed E-state index contributed by atoms with van der Waals surface area (Å²) in [6, 6.07) is 10.7. The molecule has 0 saturated carbocycles. The Morgan fingerprint density at radius 1 is 1.20 bits per heavy atom. The number of aromatic nitrogens is 1. The average Bonchev–Trinajstić information content (AvgIpc) is 2.77. The molecule has 0 aliphatic rings. The van der Waals surface area contributed by atoms with E-state index in [1.807, 2.05) is 49.7 Å². The van der Waals surface area contributed by atoms with Crippen molar-refractivity contribution < 1.29 is 9.90 Å². The molecule has 2 aromatic rings. The quantitative estimate of drug-likeness (QED) is 0.933. The van der Waals surface area contributed by atoms with Crippen molar-refractivity contribution in [3.05, 3.63) is 53.3 Å². The predicted octanol–water partition coefficient (Wildman–Crippen LogP) is 2.87. The summed E-state index contributed by atoms with van der Waals surface area (Å²) in [7, 11) is 3.68. The van der Waals surface area contributed by atoms with Crippen molar-refractivity contribution >= 4 is 5.91 Å². The molecule has 4 nitrogen and oxygen atoms in total. The van der Waals surface area contributed by atoms with Gasteiger partial charge in [-0.25, -0.2) is 0 Å². The number of aromatic hydroxyl groups is 1. The minimum atomic E-state index is -0.0571. The van der Waals surface area contributed by atoms with Gasteiger partial charge in [0.15, 0.2) is 0 Å². The Labute approximate surface area is 119 Å². The normalized spacial score (nSPS) is 12.2. The van der Waals surface area contributed by atoms with E-state index >= 15 is 0 Å². The number of hydrogen-bond donors (Lipinski definition) is 1. The fraction of sp³-hybridized carbons (Fsp3) is 0.312. The monoisotopic (exact) mass is 272 g/mol. The number of phenols is 1. The van der Waals surface area contributed by atoms with E-state index < -0.39 is 0 Å². The van der Waals surface area contributed by atoms with Gasteiger partial charge in [0.25, 0.3) is 5.91 Å². The number of carbonyl (C=O) groups excluding carboxylic acids is 1. The highest BCUT2D eigenvalue weighted by atomic mass is 16.3. The van der Waals surface area contributed by atoms with Crippen molar-refractivity contribution in [3.8, 4) is 5.75 Å². The molecule has 1 aromatic heterocycles. The number of hydrogen-bond acceptors (Lipinski definition) is 2. The van der Waals surface area contributed by atoms with Gasteiger partial charge < -0.3 is 14.6 Å². The summed E-state index contributed by atoms with van der Waals surface area (Å²) in [5.41, 5.74) is 2.72. The Morgan fingerprint density at radius 2 is 1.80 bits per heavy atom. The highest BCUT2D eigenvalue weighted by molar-refractivity contribution is 5.93. The van der Waals surface area contributed by atoms with Crippen molar-refractivity contribution in [1.82, 2.24) is 9.47 Å². The average molecular weight is 272 g/mol. The van der Waals surface area contributed by atoms with Gasteiger partial charge in [-0.1, -0.05) is 12.1 Å².